The van der Waals surface area contributed by atoms with Crippen molar-refractivity contribution in [2.75, 3.05) is 0 Å². The van der Waals surface area contributed by atoms with E-state index in [9.17, 15) is 0 Å². The van der Waals surface area contributed by atoms with Gasteiger partial charge in [0, 0.05) is 5.02 Å². The topological polar surface area (TPSA) is 9.23 Å². The summed E-state index contributed by atoms with van der Waals surface area (Å²) in [5.41, 5.74) is 2.12. The zero-order valence-corrected chi connectivity index (χ0v) is 11.8. The predicted octanol–water partition coefficient (Wildman–Crippen LogP) is 4.94. The second kappa shape index (κ2) is 6.11. The number of hydrogen-bond donors (Lipinski definition) is 0. The molecule has 2 heteroatoms. The highest BCUT2D eigenvalue weighted by molar-refractivity contribution is 6.32. The molecule has 1 nitrogen and oxygen atoms in total. The molecule has 1 aromatic carbocycles. The van der Waals surface area contributed by atoms with Gasteiger partial charge in [-0.2, -0.15) is 0 Å². The second-order valence-electron chi connectivity index (χ2n) is 4.70. The van der Waals surface area contributed by atoms with E-state index in [1.807, 2.05) is 32.1 Å². The van der Waals surface area contributed by atoms with Crippen molar-refractivity contribution in [1.82, 2.24) is 0 Å². The van der Waals surface area contributed by atoms with Crippen molar-refractivity contribution in [3.8, 4) is 5.75 Å². The molecule has 0 bridgehead atoms. The van der Waals surface area contributed by atoms with Gasteiger partial charge in [-0.15, -0.1) is 6.58 Å². The van der Waals surface area contributed by atoms with Gasteiger partial charge in [-0.1, -0.05) is 24.6 Å². The summed E-state index contributed by atoms with van der Waals surface area (Å²) in [7, 11) is 0. The van der Waals surface area contributed by atoms with Gasteiger partial charge in [0.15, 0.2) is 0 Å². The van der Waals surface area contributed by atoms with E-state index in [2.05, 4.69) is 20.4 Å². The van der Waals surface area contributed by atoms with Crippen LogP contribution in [0.1, 0.15) is 31.4 Å². The fourth-order valence-electron chi connectivity index (χ4n) is 1.76. The van der Waals surface area contributed by atoms with Crippen molar-refractivity contribution in [3.05, 3.63) is 40.9 Å². The minimum absolute atomic E-state index is 0.174. The molecule has 0 saturated carbocycles. The lowest BCUT2D eigenvalue weighted by Gasteiger charge is -2.21. The first-order valence-corrected chi connectivity index (χ1v) is 6.37. The van der Waals surface area contributed by atoms with Gasteiger partial charge in [-0.05, 0) is 56.4 Å². The number of ether oxygens (including phenoxy) is 1. The third kappa shape index (κ3) is 3.78. The number of aryl methyl sites for hydroxylation is 2. The summed E-state index contributed by atoms with van der Waals surface area (Å²) in [6.45, 7) is 12.0. The first-order valence-electron chi connectivity index (χ1n) is 6.00. The van der Waals surface area contributed by atoms with E-state index < -0.39 is 0 Å². The molecule has 2 atom stereocenters. The maximum Gasteiger partial charge on any atom is 0.120 e. The number of benzene rings is 1. The Morgan fingerprint density at radius 1 is 1.29 bits per heavy atom. The van der Waals surface area contributed by atoms with Gasteiger partial charge in [0.05, 0.1) is 6.10 Å². The molecule has 0 heterocycles. The van der Waals surface area contributed by atoms with E-state index in [1.54, 1.807) is 0 Å². The normalized spacial score (nSPS) is 14.2. The molecule has 0 saturated heterocycles. The Balaban J connectivity index is 2.78. The summed E-state index contributed by atoms with van der Waals surface area (Å²) in [5, 5.41) is 0.823. The predicted molar refractivity (Wildman–Crippen MR) is 75.0 cm³/mol. The second-order valence-corrected chi connectivity index (χ2v) is 5.07. The molecule has 0 aliphatic carbocycles. The van der Waals surface area contributed by atoms with Crippen molar-refractivity contribution in [2.45, 2.75) is 40.2 Å². The number of hydrogen-bond acceptors (Lipinski definition) is 1. The lowest BCUT2D eigenvalue weighted by Crippen LogP contribution is -2.20. The van der Waals surface area contributed by atoms with Gasteiger partial charge < -0.3 is 4.74 Å². The fourth-order valence-corrected chi connectivity index (χ4v) is 1.87. The first-order chi connectivity index (χ1) is 7.95. The van der Waals surface area contributed by atoms with Crippen molar-refractivity contribution >= 4 is 11.6 Å². The van der Waals surface area contributed by atoms with E-state index in [0.29, 0.717) is 5.92 Å². The summed E-state index contributed by atoms with van der Waals surface area (Å²) in [4.78, 5) is 0. The highest BCUT2D eigenvalue weighted by atomic mass is 35.5. The summed E-state index contributed by atoms with van der Waals surface area (Å²) >= 11 is 6.13. The Hall–Kier alpha value is -0.950. The minimum atomic E-state index is 0.174. The van der Waals surface area contributed by atoms with E-state index >= 15 is 0 Å². The van der Waals surface area contributed by atoms with Crippen LogP contribution in [0.25, 0.3) is 0 Å². The highest BCUT2D eigenvalue weighted by Crippen LogP contribution is 2.27. The summed E-state index contributed by atoms with van der Waals surface area (Å²) < 4.78 is 5.94. The van der Waals surface area contributed by atoms with Crippen LogP contribution in [0.5, 0.6) is 5.75 Å². The van der Waals surface area contributed by atoms with Crippen LogP contribution in [0.2, 0.25) is 5.02 Å². The lowest BCUT2D eigenvalue weighted by molar-refractivity contribution is 0.162. The van der Waals surface area contributed by atoms with Gasteiger partial charge in [-0.3, -0.25) is 0 Å². The van der Waals surface area contributed by atoms with E-state index in [1.165, 1.54) is 0 Å². The third-order valence-electron chi connectivity index (χ3n) is 3.07. The van der Waals surface area contributed by atoms with Gasteiger partial charge in [0.2, 0.25) is 0 Å². The molecule has 0 spiro atoms. The first kappa shape index (κ1) is 14.1. The van der Waals surface area contributed by atoms with Crippen LogP contribution in [0.3, 0.4) is 0 Å². The molecule has 0 aliphatic rings. The van der Waals surface area contributed by atoms with Crippen LogP contribution >= 0.6 is 11.6 Å². The Labute approximate surface area is 109 Å². The van der Waals surface area contributed by atoms with Gasteiger partial charge in [0.1, 0.15) is 5.75 Å². The Kier molecular flexibility index (Phi) is 5.07. The number of allylic oxidation sites excluding steroid dienone is 1. The van der Waals surface area contributed by atoms with Crippen molar-refractivity contribution < 1.29 is 4.74 Å². The summed E-state index contributed by atoms with van der Waals surface area (Å²) in [6.07, 6.45) is 3.07. The fraction of sp³-hybridized carbons (Fsp3) is 0.467. The molecule has 0 fully saturated rings. The molecule has 0 radical (unpaired) electrons. The van der Waals surface area contributed by atoms with Crippen LogP contribution in [0.15, 0.2) is 24.8 Å². The molecular formula is C15H21ClO. The van der Waals surface area contributed by atoms with Crippen molar-refractivity contribution in [1.29, 1.82) is 0 Å². The van der Waals surface area contributed by atoms with Crippen LogP contribution in [-0.2, 0) is 0 Å². The van der Waals surface area contributed by atoms with Gasteiger partial charge >= 0.3 is 0 Å². The van der Waals surface area contributed by atoms with Crippen molar-refractivity contribution in [3.63, 3.8) is 0 Å². The van der Waals surface area contributed by atoms with Crippen LogP contribution in [0, 0.1) is 19.8 Å². The molecule has 1 aromatic rings. The molecule has 17 heavy (non-hydrogen) atoms. The Morgan fingerprint density at radius 2 is 1.82 bits per heavy atom. The van der Waals surface area contributed by atoms with E-state index in [-0.39, 0.29) is 6.10 Å². The van der Waals surface area contributed by atoms with Crippen LogP contribution in [-0.4, -0.2) is 6.10 Å². The highest BCUT2D eigenvalue weighted by Gasteiger charge is 2.13. The smallest absolute Gasteiger partial charge is 0.120 e. The lowest BCUT2D eigenvalue weighted by atomic mass is 10.0. The zero-order chi connectivity index (χ0) is 13.0. The van der Waals surface area contributed by atoms with Crippen molar-refractivity contribution in [2.24, 2.45) is 5.92 Å². The van der Waals surface area contributed by atoms with E-state index in [0.717, 1.165) is 28.3 Å². The Morgan fingerprint density at radius 3 is 2.29 bits per heavy atom. The van der Waals surface area contributed by atoms with Crippen LogP contribution < -0.4 is 4.74 Å². The molecule has 1 rings (SSSR count). The summed E-state index contributed by atoms with van der Waals surface area (Å²) in [5.74, 6) is 1.36. The number of halogens is 1. The average Bonchev–Trinajstić information content (AvgIpc) is 2.26. The quantitative estimate of drug-likeness (QED) is 0.675. The molecule has 1 unspecified atom stereocenters. The van der Waals surface area contributed by atoms with Gasteiger partial charge in [-0.25, -0.2) is 0 Å². The molecule has 94 valence electrons. The average molecular weight is 253 g/mol. The SMILES string of the molecule is C=CC[C@H](C)C(C)Oc1cc(C)c(Cl)c(C)c1. The standard InChI is InChI=1S/C15H21ClO/c1-6-7-10(2)13(5)17-14-8-11(3)15(16)12(4)9-14/h6,8-10,13H,1,7H2,2-5H3/t10-,13?/m0/s1. The third-order valence-corrected chi connectivity index (χ3v) is 3.67. The maximum atomic E-state index is 6.13. The minimum Gasteiger partial charge on any atom is -0.490 e. The molecule has 0 amide bonds. The Bertz CT molecular complexity index is 375. The molecular weight excluding hydrogens is 232 g/mol. The zero-order valence-electron chi connectivity index (χ0n) is 11.1. The number of rotatable bonds is 5. The largest absolute Gasteiger partial charge is 0.490 e. The molecule has 0 aliphatic heterocycles. The van der Waals surface area contributed by atoms with Crippen LogP contribution in [0.4, 0.5) is 0 Å². The molecule has 0 aromatic heterocycles. The summed E-state index contributed by atoms with van der Waals surface area (Å²) in [6, 6.07) is 3.99. The van der Waals surface area contributed by atoms with E-state index in [4.69, 9.17) is 16.3 Å². The monoisotopic (exact) mass is 252 g/mol. The van der Waals surface area contributed by atoms with Gasteiger partial charge in [0.25, 0.3) is 0 Å². The molecule has 0 N–H and O–H groups in total. The maximum absolute atomic E-state index is 6.13.